The summed E-state index contributed by atoms with van der Waals surface area (Å²) in [5.41, 5.74) is 3.20. The molecule has 3 aromatic carbocycles. The molecule has 3 saturated heterocycles. The molecule has 0 radical (unpaired) electrons. The zero-order chi connectivity index (χ0) is 48.9. The highest BCUT2D eigenvalue weighted by molar-refractivity contribution is 7.86. The molecule has 2 atom stereocenters. The minimum absolute atomic E-state index is 0.0000404. The molecule has 22 heteroatoms. The monoisotopic (exact) mass is 998 g/mol. The van der Waals surface area contributed by atoms with E-state index in [9.17, 15) is 32.4 Å². The molecule has 3 aliphatic heterocycles. The number of amidine groups is 2. The summed E-state index contributed by atoms with van der Waals surface area (Å²) in [5, 5.41) is 24.9. The van der Waals surface area contributed by atoms with Crippen molar-refractivity contribution in [3.8, 4) is 0 Å². The Labute approximate surface area is 406 Å². The fraction of sp³-hybridized carbons (Fsp3) is 0.298. The summed E-state index contributed by atoms with van der Waals surface area (Å²) in [6, 6.07) is 29.9. The van der Waals surface area contributed by atoms with E-state index in [1.165, 1.54) is 27.6 Å². The van der Waals surface area contributed by atoms with Gasteiger partial charge in [0.2, 0.25) is 0 Å². The van der Waals surface area contributed by atoms with Crippen molar-refractivity contribution in [3.63, 3.8) is 0 Å². The summed E-state index contributed by atoms with van der Waals surface area (Å²) in [6.07, 6.45) is -0.670. The maximum absolute atomic E-state index is 12.6. The first kappa shape index (κ1) is 50.1. The Hall–Kier alpha value is -6.82. The Balaban J connectivity index is 0.000000219. The molecule has 5 aromatic rings. The van der Waals surface area contributed by atoms with Gasteiger partial charge in [-0.2, -0.15) is 8.42 Å². The van der Waals surface area contributed by atoms with Crippen LogP contribution in [-0.4, -0.2) is 137 Å². The number of nitrogens with one attached hydrogen (secondary N) is 4. The lowest BCUT2D eigenvalue weighted by Gasteiger charge is -2.35. The van der Waals surface area contributed by atoms with Gasteiger partial charge in [-0.25, -0.2) is 9.59 Å². The van der Waals surface area contributed by atoms with Crippen LogP contribution in [0.25, 0.3) is 0 Å². The lowest BCUT2D eigenvalue weighted by Crippen LogP contribution is -2.49. The van der Waals surface area contributed by atoms with Gasteiger partial charge in [0.15, 0.2) is 0 Å². The molecule has 3 aliphatic rings. The molecular weight excluding hydrogens is 949 g/mol. The van der Waals surface area contributed by atoms with Gasteiger partial charge in [-0.15, -0.1) is 22.7 Å². The van der Waals surface area contributed by atoms with E-state index in [0.717, 1.165) is 38.0 Å². The van der Waals surface area contributed by atoms with Crippen LogP contribution in [-0.2, 0) is 39.9 Å². The van der Waals surface area contributed by atoms with Crippen molar-refractivity contribution in [2.45, 2.75) is 25.2 Å². The van der Waals surface area contributed by atoms with E-state index in [1.54, 1.807) is 83.1 Å². The maximum atomic E-state index is 12.6. The average molecular weight is 999 g/mol. The first-order chi connectivity index (χ1) is 33.2. The van der Waals surface area contributed by atoms with Crippen molar-refractivity contribution in [2.24, 2.45) is 0 Å². The van der Waals surface area contributed by atoms with E-state index in [-0.39, 0.29) is 48.7 Å². The minimum atomic E-state index is -3.62. The lowest BCUT2D eigenvalue weighted by molar-refractivity contribution is -0.145. The summed E-state index contributed by atoms with van der Waals surface area (Å²) >= 11 is 2.59. The largest absolute Gasteiger partial charge is 0.461 e. The van der Waals surface area contributed by atoms with E-state index in [1.807, 2.05) is 35.7 Å². The zero-order valence-corrected chi connectivity index (χ0v) is 39.9. The number of amides is 4. The number of anilines is 2. The molecule has 2 unspecified atom stereocenters. The summed E-state index contributed by atoms with van der Waals surface area (Å²) in [6.45, 7) is 5.29. The van der Waals surface area contributed by atoms with Gasteiger partial charge in [0.1, 0.15) is 37.1 Å². The van der Waals surface area contributed by atoms with Crippen molar-refractivity contribution in [2.75, 3.05) is 75.0 Å². The fourth-order valence-corrected chi connectivity index (χ4v) is 8.95. The van der Waals surface area contributed by atoms with Crippen LogP contribution in [0.4, 0.5) is 21.0 Å². The van der Waals surface area contributed by atoms with Crippen molar-refractivity contribution in [1.82, 2.24) is 20.4 Å². The highest BCUT2D eigenvalue weighted by atomic mass is 32.2. The SMILES string of the molecule is CS(=O)(=O)OCC1CN(c2ccc(C(=N)NC(=O)c3cccs3)cc2)C(=O)O1.N=C(NC(=O)c1cccs1)c1ccc(N2CC(CN3CCN(CCC(=O)OCc4ccccc4)CC3)OC2=O)cc1. The first-order valence-electron chi connectivity index (χ1n) is 21.7. The number of benzene rings is 3. The molecule has 0 bridgehead atoms. The van der Waals surface area contributed by atoms with E-state index >= 15 is 0 Å². The third-order valence-corrected chi connectivity index (χ3v) is 13.2. The predicted octanol–water partition coefficient (Wildman–Crippen LogP) is 5.38. The van der Waals surface area contributed by atoms with Crippen LogP contribution in [0.5, 0.6) is 0 Å². The van der Waals surface area contributed by atoms with Crippen LogP contribution in [0.2, 0.25) is 0 Å². The normalized spacial score (nSPS) is 17.3. The van der Waals surface area contributed by atoms with Gasteiger partial charge in [-0.05, 0) is 77.0 Å². The number of piperazine rings is 1. The number of cyclic esters (lactones) is 2. The van der Waals surface area contributed by atoms with Gasteiger partial charge in [-0.3, -0.25) is 44.1 Å². The van der Waals surface area contributed by atoms with Crippen molar-refractivity contribution in [3.05, 3.63) is 140 Å². The molecule has 0 saturated carbocycles. The quantitative estimate of drug-likeness (QED) is 0.0320. The van der Waals surface area contributed by atoms with E-state index in [2.05, 4.69) is 24.6 Å². The number of ether oxygens (including phenoxy) is 3. The smallest absolute Gasteiger partial charge is 0.414 e. The zero-order valence-electron chi connectivity index (χ0n) is 37.4. The molecule has 4 N–H and O–H groups in total. The fourth-order valence-electron chi connectivity index (χ4n) is 7.32. The van der Waals surface area contributed by atoms with Crippen LogP contribution < -0.4 is 20.4 Å². The Morgan fingerprint density at radius 2 is 1.17 bits per heavy atom. The number of thiophene rings is 2. The van der Waals surface area contributed by atoms with Crippen LogP contribution in [0.1, 0.15) is 42.5 Å². The molecule has 4 amide bonds. The molecule has 5 heterocycles. The van der Waals surface area contributed by atoms with Crippen LogP contribution in [0, 0.1) is 10.8 Å². The molecule has 3 fully saturated rings. The highest BCUT2D eigenvalue weighted by Gasteiger charge is 2.35. The van der Waals surface area contributed by atoms with Crippen molar-refractivity contribution >= 4 is 85.8 Å². The number of hydrogen-bond donors (Lipinski definition) is 4. The number of hydrogen-bond acceptors (Lipinski definition) is 17. The van der Waals surface area contributed by atoms with Gasteiger partial charge < -0.3 is 29.7 Å². The molecule has 0 spiro atoms. The van der Waals surface area contributed by atoms with Gasteiger partial charge in [0.25, 0.3) is 21.9 Å². The standard InChI is InChI=1S/C30H33N5O5S.C17H17N3O6S2/c31-28(32-29(37)26-7-4-18-41-26)23-8-10-24(11-9-23)35-20-25(40-30(35)38)19-34-16-14-33(15-17-34)13-12-27(36)39-21-22-5-2-1-3-6-22;1-28(23,24)25-10-13-9-20(17(22)26-13)12-6-4-11(5-7-12)15(18)19-16(21)14-3-2-8-27-14/h1-11,18,25H,12-17,19-21H2,(H2,31,32,37);2-8,13H,9-10H2,1H3,(H2,18,19,21). The van der Waals surface area contributed by atoms with Crippen LogP contribution in [0.15, 0.2) is 114 Å². The Morgan fingerprint density at radius 1 is 0.681 bits per heavy atom. The van der Waals surface area contributed by atoms with E-state index in [0.29, 0.717) is 64.9 Å². The van der Waals surface area contributed by atoms with Gasteiger partial charge in [0.05, 0.1) is 35.5 Å². The van der Waals surface area contributed by atoms with Gasteiger partial charge >= 0.3 is 18.2 Å². The molecule has 2 aromatic heterocycles. The van der Waals surface area contributed by atoms with Crippen LogP contribution >= 0.6 is 22.7 Å². The summed E-state index contributed by atoms with van der Waals surface area (Å²) < 4.78 is 42.9. The molecule has 69 heavy (non-hydrogen) atoms. The second-order valence-electron chi connectivity index (χ2n) is 16.0. The second kappa shape index (κ2) is 23.5. The average Bonchev–Trinajstić information content (AvgIpc) is 4.20. The molecule has 8 rings (SSSR count). The minimum Gasteiger partial charge on any atom is -0.461 e. The predicted molar refractivity (Wildman–Crippen MR) is 260 cm³/mol. The molecule has 19 nitrogen and oxygen atoms in total. The third kappa shape index (κ3) is 14.6. The van der Waals surface area contributed by atoms with E-state index < -0.39 is 28.4 Å². The number of carbonyl (C=O) groups is 5. The topological polar surface area (TPSA) is 241 Å². The number of rotatable bonds is 16. The molecular formula is C47H50N8O11S3. The number of esters is 1. The lowest BCUT2D eigenvalue weighted by atomic mass is 10.1. The second-order valence-corrected chi connectivity index (χ2v) is 19.5. The van der Waals surface area contributed by atoms with Gasteiger partial charge in [0, 0.05) is 61.8 Å². The maximum Gasteiger partial charge on any atom is 0.414 e. The Kier molecular flexibility index (Phi) is 17.0. The summed E-state index contributed by atoms with van der Waals surface area (Å²) in [4.78, 5) is 69.5. The third-order valence-electron chi connectivity index (χ3n) is 10.9. The van der Waals surface area contributed by atoms with Crippen molar-refractivity contribution < 1.29 is 50.8 Å². The Morgan fingerprint density at radius 3 is 1.67 bits per heavy atom. The summed E-state index contributed by atoms with van der Waals surface area (Å²) in [5.74, 6) is -0.932. The number of nitrogens with zero attached hydrogens (tertiary/aromatic N) is 4. The summed E-state index contributed by atoms with van der Waals surface area (Å²) in [7, 11) is -3.62. The number of carbonyl (C=O) groups excluding carboxylic acids is 5. The molecule has 0 aliphatic carbocycles. The Bertz CT molecular complexity index is 2700. The van der Waals surface area contributed by atoms with Crippen LogP contribution in [0.3, 0.4) is 0 Å². The van der Waals surface area contributed by atoms with Crippen molar-refractivity contribution in [1.29, 1.82) is 10.8 Å². The molecule has 362 valence electrons. The highest BCUT2D eigenvalue weighted by Crippen LogP contribution is 2.25. The van der Waals surface area contributed by atoms with Gasteiger partial charge in [-0.1, -0.05) is 42.5 Å². The first-order valence-corrected chi connectivity index (χ1v) is 25.3. The van der Waals surface area contributed by atoms with E-state index in [4.69, 9.17) is 25.0 Å².